The van der Waals surface area contributed by atoms with Crippen LogP contribution in [0.15, 0.2) is 10.4 Å². The second kappa shape index (κ2) is 14.9. The van der Waals surface area contributed by atoms with Crippen LogP contribution < -0.4 is 10.6 Å². The van der Waals surface area contributed by atoms with Gasteiger partial charge in [-0.3, -0.25) is 4.99 Å². The molecule has 0 bridgehead atoms. The molecule has 0 aromatic carbocycles. The summed E-state index contributed by atoms with van der Waals surface area (Å²) in [6.45, 7) is 6.68. The number of aromatic nitrogens is 1. The SMILES string of the molecule is CN=C(NCCCc1nc(C)cs1)NCCN(C)CCCOC.I. The van der Waals surface area contributed by atoms with Crippen molar-refractivity contribution in [2.45, 2.75) is 26.2 Å². The van der Waals surface area contributed by atoms with Crippen LogP contribution in [0, 0.1) is 6.92 Å². The van der Waals surface area contributed by atoms with Gasteiger partial charge in [0.15, 0.2) is 5.96 Å². The topological polar surface area (TPSA) is 61.8 Å². The van der Waals surface area contributed by atoms with Gasteiger partial charge in [0.25, 0.3) is 0 Å². The fourth-order valence-electron chi connectivity index (χ4n) is 2.14. The van der Waals surface area contributed by atoms with E-state index in [-0.39, 0.29) is 24.0 Å². The molecule has 0 saturated carbocycles. The molecule has 0 fully saturated rings. The van der Waals surface area contributed by atoms with Crippen molar-refractivity contribution < 1.29 is 4.74 Å². The van der Waals surface area contributed by atoms with Gasteiger partial charge in [-0.15, -0.1) is 35.3 Å². The normalized spacial score (nSPS) is 11.5. The first-order chi connectivity index (χ1) is 11.2. The molecule has 1 aromatic rings. The van der Waals surface area contributed by atoms with E-state index >= 15 is 0 Å². The molecular weight excluding hydrogens is 437 g/mol. The number of ether oxygens (including phenoxy) is 1. The van der Waals surface area contributed by atoms with Crippen LogP contribution in [0.5, 0.6) is 0 Å². The number of nitrogens with zero attached hydrogens (tertiary/aromatic N) is 3. The Bertz CT molecular complexity index is 455. The highest BCUT2D eigenvalue weighted by Gasteiger charge is 2.02. The Labute approximate surface area is 167 Å². The number of thiazole rings is 1. The zero-order valence-electron chi connectivity index (χ0n) is 15.3. The van der Waals surface area contributed by atoms with Crippen molar-refractivity contribution >= 4 is 41.3 Å². The number of hydrogen-bond donors (Lipinski definition) is 2. The molecule has 0 amide bonds. The maximum absolute atomic E-state index is 5.07. The first-order valence-electron chi connectivity index (χ1n) is 8.18. The van der Waals surface area contributed by atoms with Crippen molar-refractivity contribution in [2.75, 3.05) is 54.0 Å². The van der Waals surface area contributed by atoms with Crippen molar-refractivity contribution in [3.63, 3.8) is 0 Å². The zero-order chi connectivity index (χ0) is 16.9. The Morgan fingerprint density at radius 3 is 2.67 bits per heavy atom. The highest BCUT2D eigenvalue weighted by atomic mass is 127. The van der Waals surface area contributed by atoms with E-state index in [9.17, 15) is 0 Å². The summed E-state index contributed by atoms with van der Waals surface area (Å²) in [5.41, 5.74) is 1.12. The number of aliphatic imine (C=N–C) groups is 1. The van der Waals surface area contributed by atoms with Gasteiger partial charge in [-0.1, -0.05) is 0 Å². The van der Waals surface area contributed by atoms with Crippen LogP contribution in [0.25, 0.3) is 0 Å². The Morgan fingerprint density at radius 2 is 2.04 bits per heavy atom. The third-order valence-corrected chi connectivity index (χ3v) is 4.45. The number of hydrogen-bond acceptors (Lipinski definition) is 5. The zero-order valence-corrected chi connectivity index (χ0v) is 18.4. The van der Waals surface area contributed by atoms with E-state index < -0.39 is 0 Å². The minimum absolute atomic E-state index is 0. The molecule has 8 heteroatoms. The number of guanidine groups is 1. The number of halogens is 1. The summed E-state index contributed by atoms with van der Waals surface area (Å²) in [5, 5.41) is 10.0. The smallest absolute Gasteiger partial charge is 0.191 e. The minimum Gasteiger partial charge on any atom is -0.385 e. The molecule has 1 aromatic heterocycles. The van der Waals surface area contributed by atoms with Crippen LogP contribution >= 0.6 is 35.3 Å². The maximum atomic E-state index is 5.07. The molecule has 0 saturated heterocycles. The van der Waals surface area contributed by atoms with E-state index in [0.29, 0.717) is 0 Å². The van der Waals surface area contributed by atoms with Gasteiger partial charge in [-0.25, -0.2) is 4.98 Å². The molecule has 140 valence electrons. The maximum Gasteiger partial charge on any atom is 0.191 e. The number of methoxy groups -OCH3 is 1. The van der Waals surface area contributed by atoms with Gasteiger partial charge in [0, 0.05) is 64.4 Å². The van der Waals surface area contributed by atoms with Crippen molar-refractivity contribution in [3.8, 4) is 0 Å². The molecule has 0 aliphatic rings. The minimum atomic E-state index is 0. The van der Waals surface area contributed by atoms with Crippen LogP contribution in [0.4, 0.5) is 0 Å². The molecule has 0 aliphatic heterocycles. The molecule has 6 nitrogen and oxygen atoms in total. The predicted molar refractivity (Wildman–Crippen MR) is 114 cm³/mol. The largest absolute Gasteiger partial charge is 0.385 e. The highest BCUT2D eigenvalue weighted by Crippen LogP contribution is 2.10. The second-order valence-electron chi connectivity index (χ2n) is 5.56. The van der Waals surface area contributed by atoms with Crippen LogP contribution in [-0.4, -0.2) is 69.8 Å². The van der Waals surface area contributed by atoms with E-state index in [1.807, 2.05) is 14.0 Å². The van der Waals surface area contributed by atoms with E-state index in [2.05, 4.69) is 37.9 Å². The number of likely N-dealkylation sites (N-methyl/N-ethyl adjacent to an activating group) is 1. The molecule has 1 heterocycles. The lowest BCUT2D eigenvalue weighted by atomic mass is 10.3. The second-order valence-corrected chi connectivity index (χ2v) is 6.50. The molecule has 0 spiro atoms. The summed E-state index contributed by atoms with van der Waals surface area (Å²) in [7, 11) is 5.68. The summed E-state index contributed by atoms with van der Waals surface area (Å²) in [5.74, 6) is 0.866. The molecule has 0 radical (unpaired) electrons. The standard InChI is InChI=1S/C16H31N5OS.HI/c1-14-13-23-15(20-14)7-5-8-18-16(17-2)19-9-11-21(3)10-6-12-22-4;/h13H,5-12H2,1-4H3,(H2,17,18,19);1H. The quantitative estimate of drug-likeness (QED) is 0.225. The van der Waals surface area contributed by atoms with E-state index in [4.69, 9.17) is 4.74 Å². The molecular formula is C16H32IN5OS. The lowest BCUT2D eigenvalue weighted by molar-refractivity contribution is 0.180. The summed E-state index contributed by atoms with van der Waals surface area (Å²) in [4.78, 5) is 11.0. The van der Waals surface area contributed by atoms with Crippen LogP contribution in [0.1, 0.15) is 23.5 Å². The molecule has 24 heavy (non-hydrogen) atoms. The first-order valence-corrected chi connectivity index (χ1v) is 9.06. The van der Waals surface area contributed by atoms with Gasteiger partial charge in [0.1, 0.15) is 0 Å². The van der Waals surface area contributed by atoms with E-state index in [0.717, 1.165) is 63.7 Å². The van der Waals surface area contributed by atoms with Crippen LogP contribution in [0.2, 0.25) is 0 Å². The highest BCUT2D eigenvalue weighted by molar-refractivity contribution is 14.0. The van der Waals surface area contributed by atoms with Gasteiger partial charge >= 0.3 is 0 Å². The van der Waals surface area contributed by atoms with Gasteiger partial charge in [-0.2, -0.15) is 0 Å². The monoisotopic (exact) mass is 469 g/mol. The summed E-state index contributed by atoms with van der Waals surface area (Å²) in [6, 6.07) is 0. The number of rotatable bonds is 11. The molecule has 2 N–H and O–H groups in total. The van der Waals surface area contributed by atoms with Gasteiger partial charge in [0.05, 0.1) is 5.01 Å². The van der Waals surface area contributed by atoms with Crippen molar-refractivity contribution in [2.24, 2.45) is 4.99 Å². The van der Waals surface area contributed by atoms with E-state index in [1.165, 1.54) is 5.01 Å². The summed E-state index contributed by atoms with van der Waals surface area (Å²) >= 11 is 1.74. The average Bonchev–Trinajstić information content (AvgIpc) is 2.95. The molecule has 0 unspecified atom stereocenters. The van der Waals surface area contributed by atoms with Crippen molar-refractivity contribution in [1.29, 1.82) is 0 Å². The molecule has 1 rings (SSSR count). The molecule has 0 aliphatic carbocycles. The first kappa shape index (κ1) is 23.5. The van der Waals surface area contributed by atoms with Gasteiger partial charge < -0.3 is 20.3 Å². The summed E-state index contributed by atoms with van der Waals surface area (Å²) < 4.78 is 5.07. The fraction of sp³-hybridized carbons (Fsp3) is 0.750. The lowest BCUT2D eigenvalue weighted by Gasteiger charge is -2.18. The van der Waals surface area contributed by atoms with Gasteiger partial charge in [-0.05, 0) is 26.8 Å². The Morgan fingerprint density at radius 1 is 1.29 bits per heavy atom. The van der Waals surface area contributed by atoms with Crippen molar-refractivity contribution in [1.82, 2.24) is 20.5 Å². The third kappa shape index (κ3) is 11.2. The Kier molecular flexibility index (Phi) is 14.6. The fourth-order valence-corrected chi connectivity index (χ4v) is 2.96. The van der Waals surface area contributed by atoms with Crippen molar-refractivity contribution in [3.05, 3.63) is 16.1 Å². The lowest BCUT2D eigenvalue weighted by Crippen LogP contribution is -2.41. The molecule has 0 atom stereocenters. The Hall–Kier alpha value is -0.450. The van der Waals surface area contributed by atoms with Gasteiger partial charge in [0.2, 0.25) is 0 Å². The van der Waals surface area contributed by atoms with Crippen LogP contribution in [-0.2, 0) is 11.2 Å². The Balaban J connectivity index is 0.00000529. The van der Waals surface area contributed by atoms with Crippen LogP contribution in [0.3, 0.4) is 0 Å². The number of aryl methyl sites for hydroxylation is 2. The summed E-state index contributed by atoms with van der Waals surface area (Å²) in [6.07, 6.45) is 3.14. The number of nitrogens with one attached hydrogen (secondary N) is 2. The third-order valence-electron chi connectivity index (χ3n) is 3.42. The average molecular weight is 469 g/mol. The van der Waals surface area contributed by atoms with E-state index in [1.54, 1.807) is 18.4 Å². The predicted octanol–water partition coefficient (Wildman–Crippen LogP) is 2.14.